The number of nitrogens with zero attached hydrogens (tertiary/aromatic N) is 2. The highest BCUT2D eigenvalue weighted by molar-refractivity contribution is 5.83. The molecule has 3 N–H and O–H groups in total. The van der Waals surface area contributed by atoms with E-state index < -0.39 is 17.2 Å². The maximum absolute atomic E-state index is 13.9. The zero-order valence-corrected chi connectivity index (χ0v) is 20.1. The van der Waals surface area contributed by atoms with Crippen molar-refractivity contribution in [3.05, 3.63) is 29.1 Å². The lowest BCUT2D eigenvalue weighted by Crippen LogP contribution is -2.52. The van der Waals surface area contributed by atoms with E-state index in [0.29, 0.717) is 63.4 Å². The molecule has 1 aromatic heterocycles. The van der Waals surface area contributed by atoms with Crippen molar-refractivity contribution in [1.82, 2.24) is 15.2 Å². The van der Waals surface area contributed by atoms with Crippen molar-refractivity contribution in [1.29, 1.82) is 0 Å². The molecule has 0 aromatic carbocycles. The van der Waals surface area contributed by atoms with Gasteiger partial charge in [0.15, 0.2) is 0 Å². The van der Waals surface area contributed by atoms with Crippen LogP contribution in [0.4, 0.5) is 13.2 Å². The number of carbonyl (C=O) groups excluding carboxylic acids is 1. The van der Waals surface area contributed by atoms with Gasteiger partial charge >= 0.3 is 6.18 Å². The molecule has 196 valence electrons. The summed E-state index contributed by atoms with van der Waals surface area (Å²) in [6.07, 6.45) is -0.356. The fourth-order valence-electron chi connectivity index (χ4n) is 5.53. The number of nitrogens with one attached hydrogen (secondary N) is 1. The number of alkyl halides is 3. The summed E-state index contributed by atoms with van der Waals surface area (Å²) >= 11 is 0. The van der Waals surface area contributed by atoms with Crippen LogP contribution in [0, 0.1) is 5.41 Å². The Morgan fingerprint density at radius 1 is 1.40 bits per heavy atom. The highest BCUT2D eigenvalue weighted by atomic mass is 19.4. The molecule has 8 nitrogen and oxygen atoms in total. The minimum absolute atomic E-state index is 0.0446. The molecule has 2 aliphatic heterocycles. The first-order valence-electron chi connectivity index (χ1n) is 12.2. The Balaban J connectivity index is 1.48. The lowest BCUT2D eigenvalue weighted by Gasteiger charge is -2.37. The molecule has 3 aliphatic rings. The van der Waals surface area contributed by atoms with Gasteiger partial charge in [-0.15, -0.1) is 0 Å². The van der Waals surface area contributed by atoms with Gasteiger partial charge in [-0.2, -0.15) is 13.2 Å². The SMILES string of the molecule is CO[C@@H]1COCC[C@@H]1N[C@@H]1CC[C@](COCCN)(C(=O)N2CCc3ncc(C(F)(F)F)cc3C2)C1. The number of nitrogens with two attached hydrogens (primary N) is 1. The maximum atomic E-state index is 13.9. The van der Waals surface area contributed by atoms with Gasteiger partial charge in [-0.25, -0.2) is 0 Å². The van der Waals surface area contributed by atoms with Gasteiger partial charge in [-0.1, -0.05) is 0 Å². The van der Waals surface area contributed by atoms with Crippen LogP contribution in [-0.4, -0.2) is 80.6 Å². The Bertz CT molecular complexity index is 887. The molecule has 0 bridgehead atoms. The maximum Gasteiger partial charge on any atom is 0.417 e. The molecule has 1 saturated heterocycles. The number of fused-ring (bicyclic) bond motifs is 1. The molecule has 1 amide bonds. The van der Waals surface area contributed by atoms with Crippen molar-refractivity contribution in [2.75, 3.05) is 46.6 Å². The van der Waals surface area contributed by atoms with Gasteiger partial charge in [-0.05, 0) is 37.3 Å². The van der Waals surface area contributed by atoms with Gasteiger partial charge in [-0.3, -0.25) is 9.78 Å². The van der Waals surface area contributed by atoms with Crippen LogP contribution in [0.2, 0.25) is 0 Å². The molecular formula is C24H35F3N4O4. The second kappa shape index (κ2) is 11.1. The summed E-state index contributed by atoms with van der Waals surface area (Å²) in [5, 5.41) is 3.67. The molecule has 0 spiro atoms. The van der Waals surface area contributed by atoms with Crippen LogP contribution >= 0.6 is 0 Å². The lowest BCUT2D eigenvalue weighted by molar-refractivity contribution is -0.147. The summed E-state index contributed by atoms with van der Waals surface area (Å²) in [4.78, 5) is 19.6. The average molecular weight is 501 g/mol. The van der Waals surface area contributed by atoms with Crippen LogP contribution in [0.1, 0.15) is 42.5 Å². The Labute approximate surface area is 203 Å². The summed E-state index contributed by atoms with van der Waals surface area (Å²) in [6.45, 7) is 2.68. The standard InChI is InChI=1S/C24H35F3N4O4/c1-33-21-14-34-8-4-20(21)30-18-2-5-23(11-18,15-35-9-6-28)22(32)31-7-3-19-16(13-31)10-17(12-29-19)24(25,26)27/h10,12,18,20-21,30H,2-9,11,13-15,28H2,1H3/t18-,20+,21-,23+/m1/s1. The van der Waals surface area contributed by atoms with Gasteiger partial charge < -0.3 is 30.2 Å². The quantitative estimate of drug-likeness (QED) is 0.526. The molecular weight excluding hydrogens is 465 g/mol. The number of methoxy groups -OCH3 is 1. The Kier molecular flexibility index (Phi) is 8.32. The predicted octanol–water partition coefficient (Wildman–Crippen LogP) is 1.89. The van der Waals surface area contributed by atoms with Crippen LogP contribution in [0.5, 0.6) is 0 Å². The molecule has 1 aliphatic carbocycles. The molecule has 35 heavy (non-hydrogen) atoms. The number of ether oxygens (including phenoxy) is 3. The van der Waals surface area contributed by atoms with E-state index in [0.717, 1.165) is 25.1 Å². The van der Waals surface area contributed by atoms with Gasteiger partial charge in [0.1, 0.15) is 0 Å². The molecule has 1 saturated carbocycles. The smallest absolute Gasteiger partial charge is 0.379 e. The summed E-state index contributed by atoms with van der Waals surface area (Å²) in [5.41, 5.74) is 5.14. The molecule has 3 heterocycles. The van der Waals surface area contributed by atoms with Crippen molar-refractivity contribution < 1.29 is 32.2 Å². The van der Waals surface area contributed by atoms with E-state index in [-0.39, 0.29) is 37.2 Å². The normalized spacial score (nSPS) is 29.3. The zero-order chi connectivity index (χ0) is 25.1. The first kappa shape index (κ1) is 26.3. The van der Waals surface area contributed by atoms with Gasteiger partial charge in [0.25, 0.3) is 0 Å². The Morgan fingerprint density at radius 2 is 2.23 bits per heavy atom. The number of hydrogen-bond acceptors (Lipinski definition) is 7. The van der Waals surface area contributed by atoms with Crippen LogP contribution < -0.4 is 11.1 Å². The second-order valence-corrected chi connectivity index (χ2v) is 9.78. The van der Waals surface area contributed by atoms with E-state index in [1.165, 1.54) is 0 Å². The van der Waals surface area contributed by atoms with Crippen molar-refractivity contribution in [3.63, 3.8) is 0 Å². The summed E-state index contributed by atoms with van der Waals surface area (Å²) in [6, 6.07) is 1.37. The average Bonchev–Trinajstić information content (AvgIpc) is 3.26. The molecule has 1 aromatic rings. The third-order valence-corrected chi connectivity index (χ3v) is 7.41. The first-order chi connectivity index (χ1) is 16.8. The molecule has 0 radical (unpaired) electrons. The number of rotatable bonds is 8. The fraction of sp³-hybridized carbons (Fsp3) is 0.750. The molecule has 2 fully saturated rings. The van der Waals surface area contributed by atoms with E-state index >= 15 is 0 Å². The number of halogens is 3. The van der Waals surface area contributed by atoms with E-state index in [4.69, 9.17) is 19.9 Å². The molecule has 11 heteroatoms. The van der Waals surface area contributed by atoms with Crippen molar-refractivity contribution in [2.24, 2.45) is 11.1 Å². The highest BCUT2D eigenvalue weighted by Gasteiger charge is 2.48. The van der Waals surface area contributed by atoms with Gasteiger partial charge in [0.2, 0.25) is 5.91 Å². The number of amides is 1. The lowest BCUT2D eigenvalue weighted by atomic mass is 9.84. The largest absolute Gasteiger partial charge is 0.417 e. The fourth-order valence-corrected chi connectivity index (χ4v) is 5.53. The minimum Gasteiger partial charge on any atom is -0.379 e. The molecule has 4 atom stereocenters. The number of carbonyl (C=O) groups is 1. The third kappa shape index (κ3) is 5.96. The van der Waals surface area contributed by atoms with Crippen LogP contribution in [-0.2, 0) is 38.1 Å². The zero-order valence-electron chi connectivity index (χ0n) is 20.1. The second-order valence-electron chi connectivity index (χ2n) is 9.78. The first-order valence-corrected chi connectivity index (χ1v) is 12.2. The van der Waals surface area contributed by atoms with Crippen LogP contribution in [0.25, 0.3) is 0 Å². The summed E-state index contributed by atoms with van der Waals surface area (Å²) in [7, 11) is 1.67. The van der Waals surface area contributed by atoms with Crippen molar-refractivity contribution >= 4 is 5.91 Å². The molecule has 4 rings (SSSR count). The Morgan fingerprint density at radius 3 is 2.97 bits per heavy atom. The van der Waals surface area contributed by atoms with Crippen LogP contribution in [0.15, 0.2) is 12.3 Å². The number of aromatic nitrogens is 1. The molecule has 0 unspecified atom stereocenters. The van der Waals surface area contributed by atoms with E-state index in [2.05, 4.69) is 10.3 Å². The topological polar surface area (TPSA) is 98.9 Å². The Hall–Kier alpha value is -1.79. The minimum atomic E-state index is -4.47. The summed E-state index contributed by atoms with van der Waals surface area (Å²) in [5.74, 6) is -0.0721. The summed E-state index contributed by atoms with van der Waals surface area (Å²) < 4.78 is 56.5. The van der Waals surface area contributed by atoms with E-state index in [1.807, 2.05) is 0 Å². The van der Waals surface area contributed by atoms with Crippen LogP contribution in [0.3, 0.4) is 0 Å². The predicted molar refractivity (Wildman–Crippen MR) is 121 cm³/mol. The van der Waals surface area contributed by atoms with Gasteiger partial charge in [0, 0.05) is 63.7 Å². The van der Waals surface area contributed by atoms with Crippen molar-refractivity contribution in [2.45, 2.75) is 63.0 Å². The van der Waals surface area contributed by atoms with Crippen molar-refractivity contribution in [3.8, 4) is 0 Å². The van der Waals surface area contributed by atoms with Gasteiger partial charge in [0.05, 0.1) is 36.9 Å². The number of pyridine rings is 1. The third-order valence-electron chi connectivity index (χ3n) is 7.41. The highest BCUT2D eigenvalue weighted by Crippen LogP contribution is 2.42. The van der Waals surface area contributed by atoms with E-state index in [9.17, 15) is 18.0 Å². The van der Waals surface area contributed by atoms with E-state index in [1.54, 1.807) is 12.0 Å². The monoisotopic (exact) mass is 500 g/mol. The number of hydrogen-bond donors (Lipinski definition) is 2.